The average molecular weight is 703 g/mol. The summed E-state index contributed by atoms with van der Waals surface area (Å²) in [5, 5.41) is 5.64. The van der Waals surface area contributed by atoms with Gasteiger partial charge in [-0.05, 0) is 88.6 Å². The molecule has 0 aliphatic rings. The summed E-state index contributed by atoms with van der Waals surface area (Å²) in [7, 11) is 0. The van der Waals surface area contributed by atoms with Gasteiger partial charge >= 0.3 is 0 Å². The Morgan fingerprint density at radius 1 is 0.345 bits per heavy atom. The maximum absolute atomic E-state index is 5.47. The lowest BCUT2D eigenvalue weighted by Crippen LogP contribution is -2.04. The van der Waals surface area contributed by atoms with Crippen molar-refractivity contribution < 1.29 is 0 Å². The Bertz CT molecular complexity index is 3500. The van der Waals surface area contributed by atoms with E-state index in [2.05, 4.69) is 189 Å². The Kier molecular flexibility index (Phi) is 6.24. The SMILES string of the molecule is c1ccc(-c2ccc3nc(-n4c5ccccc5c5cc(-n6c7ccccc7n7c8ccccc8nc67)ccc54)nc(-c4ccc5ccccc5c4)c3c2)cc1. The molecule has 55 heavy (non-hydrogen) atoms. The van der Waals surface area contributed by atoms with E-state index in [0.29, 0.717) is 5.95 Å². The van der Waals surface area contributed by atoms with Crippen molar-refractivity contribution in [3.05, 3.63) is 182 Å². The Labute approximate surface area is 314 Å². The second kappa shape index (κ2) is 11.5. The number of para-hydroxylation sites is 5. The summed E-state index contributed by atoms with van der Waals surface area (Å²) in [6.07, 6.45) is 0. The van der Waals surface area contributed by atoms with Crippen molar-refractivity contribution in [1.29, 1.82) is 0 Å². The first-order valence-corrected chi connectivity index (χ1v) is 18.5. The number of imidazole rings is 2. The molecule has 0 aliphatic carbocycles. The molecule has 0 N–H and O–H groups in total. The van der Waals surface area contributed by atoms with Crippen molar-refractivity contribution in [3.63, 3.8) is 0 Å². The van der Waals surface area contributed by atoms with E-state index < -0.39 is 0 Å². The zero-order valence-corrected chi connectivity index (χ0v) is 29.5. The van der Waals surface area contributed by atoms with Crippen LogP contribution in [-0.4, -0.2) is 28.5 Å². The van der Waals surface area contributed by atoms with Gasteiger partial charge in [0.1, 0.15) is 0 Å². The van der Waals surface area contributed by atoms with Crippen molar-refractivity contribution in [2.24, 2.45) is 0 Å². The first kappa shape index (κ1) is 29.9. The molecule has 0 atom stereocenters. The van der Waals surface area contributed by atoms with Crippen molar-refractivity contribution in [2.75, 3.05) is 0 Å². The van der Waals surface area contributed by atoms with Crippen molar-refractivity contribution in [1.82, 2.24) is 28.5 Å². The van der Waals surface area contributed by atoms with Gasteiger partial charge in [-0.1, -0.05) is 115 Å². The molecular formula is C49H30N6. The third-order valence-electron chi connectivity index (χ3n) is 11.0. The van der Waals surface area contributed by atoms with Gasteiger partial charge in [0, 0.05) is 27.4 Å². The normalized spacial score (nSPS) is 12.0. The minimum absolute atomic E-state index is 0.635. The van der Waals surface area contributed by atoms with Crippen LogP contribution in [0.3, 0.4) is 0 Å². The molecule has 0 aliphatic heterocycles. The van der Waals surface area contributed by atoms with E-state index in [1.54, 1.807) is 0 Å². The molecular weight excluding hydrogens is 673 g/mol. The van der Waals surface area contributed by atoms with E-state index in [1.807, 2.05) is 6.07 Å². The van der Waals surface area contributed by atoms with Crippen LogP contribution in [-0.2, 0) is 0 Å². The van der Waals surface area contributed by atoms with Gasteiger partial charge in [0.2, 0.25) is 11.7 Å². The van der Waals surface area contributed by atoms with E-state index in [0.717, 1.165) is 88.6 Å². The van der Waals surface area contributed by atoms with Gasteiger partial charge < -0.3 is 0 Å². The van der Waals surface area contributed by atoms with Gasteiger partial charge in [-0.2, -0.15) is 0 Å². The Morgan fingerprint density at radius 3 is 1.95 bits per heavy atom. The van der Waals surface area contributed by atoms with Crippen LogP contribution in [0, 0.1) is 0 Å². The van der Waals surface area contributed by atoms with Crippen LogP contribution in [0.2, 0.25) is 0 Å². The summed E-state index contributed by atoms with van der Waals surface area (Å²) in [5.74, 6) is 1.52. The highest BCUT2D eigenvalue weighted by Crippen LogP contribution is 2.38. The number of rotatable bonds is 4. The molecule has 0 amide bonds. The first-order chi connectivity index (χ1) is 27.3. The average Bonchev–Trinajstić information content (AvgIpc) is 3.90. The van der Waals surface area contributed by atoms with E-state index in [-0.39, 0.29) is 0 Å². The third kappa shape index (κ3) is 4.46. The Hall–Kier alpha value is -7.57. The number of hydrogen-bond acceptors (Lipinski definition) is 3. The highest BCUT2D eigenvalue weighted by molar-refractivity contribution is 6.10. The van der Waals surface area contributed by atoms with Crippen LogP contribution in [0.15, 0.2) is 182 Å². The smallest absolute Gasteiger partial charge is 0.235 e. The van der Waals surface area contributed by atoms with Gasteiger partial charge in [0.05, 0.1) is 44.3 Å². The standard InChI is InChI=1S/C49H30N6/c1-2-12-31(13-3-1)34-24-26-40-39(29-34)47(35-23-22-32-14-4-5-15-33(32)28-35)52-48(50-40)54-42-18-8-6-16-37(42)38-30-36(25-27-43(38)54)53-45-20-10-11-21-46(45)55-44-19-9-7-17-41(44)51-49(53)55/h1-30H. The van der Waals surface area contributed by atoms with Crippen LogP contribution in [0.1, 0.15) is 0 Å². The van der Waals surface area contributed by atoms with Crippen LogP contribution in [0.5, 0.6) is 0 Å². The molecule has 0 fully saturated rings. The van der Waals surface area contributed by atoms with E-state index in [4.69, 9.17) is 15.0 Å². The minimum atomic E-state index is 0.635. The van der Waals surface area contributed by atoms with Crippen LogP contribution >= 0.6 is 0 Å². The van der Waals surface area contributed by atoms with E-state index in [1.165, 1.54) is 10.8 Å². The topological polar surface area (TPSA) is 52.9 Å². The molecule has 12 rings (SSSR count). The molecule has 6 heteroatoms. The number of nitrogens with zero attached hydrogens (tertiary/aromatic N) is 6. The van der Waals surface area contributed by atoms with Crippen LogP contribution in [0.4, 0.5) is 0 Å². The summed E-state index contributed by atoms with van der Waals surface area (Å²) in [4.78, 5) is 15.9. The van der Waals surface area contributed by atoms with Gasteiger partial charge in [0.15, 0.2) is 0 Å². The summed E-state index contributed by atoms with van der Waals surface area (Å²) < 4.78 is 6.75. The fourth-order valence-electron chi connectivity index (χ4n) is 8.50. The lowest BCUT2D eigenvalue weighted by molar-refractivity contribution is 1.01. The molecule has 0 spiro atoms. The maximum Gasteiger partial charge on any atom is 0.235 e. The van der Waals surface area contributed by atoms with Gasteiger partial charge in [-0.3, -0.25) is 13.5 Å². The van der Waals surface area contributed by atoms with Gasteiger partial charge in [0.25, 0.3) is 0 Å². The number of fused-ring (bicyclic) bond motifs is 10. The quantitative estimate of drug-likeness (QED) is 0.183. The second-order valence-electron chi connectivity index (χ2n) is 14.1. The molecule has 0 saturated heterocycles. The Morgan fingerprint density at radius 2 is 1.05 bits per heavy atom. The fraction of sp³-hybridized carbons (Fsp3) is 0. The highest BCUT2D eigenvalue weighted by atomic mass is 15.2. The molecule has 0 bridgehead atoms. The zero-order chi connectivity index (χ0) is 36.0. The number of hydrogen-bond donors (Lipinski definition) is 0. The molecule has 0 unspecified atom stereocenters. The molecule has 6 nitrogen and oxygen atoms in total. The molecule has 4 aromatic heterocycles. The maximum atomic E-state index is 5.47. The zero-order valence-electron chi connectivity index (χ0n) is 29.5. The Balaban J connectivity index is 1.11. The second-order valence-corrected chi connectivity index (χ2v) is 14.1. The highest BCUT2D eigenvalue weighted by Gasteiger charge is 2.21. The predicted molar refractivity (Wildman–Crippen MR) is 225 cm³/mol. The molecule has 12 aromatic rings. The fourth-order valence-corrected chi connectivity index (χ4v) is 8.50. The van der Waals surface area contributed by atoms with E-state index >= 15 is 0 Å². The lowest BCUT2D eigenvalue weighted by atomic mass is 9.99. The minimum Gasteiger partial charge on any atom is -0.278 e. The number of benzene rings is 8. The third-order valence-corrected chi connectivity index (χ3v) is 11.0. The molecule has 256 valence electrons. The van der Waals surface area contributed by atoms with Crippen LogP contribution in [0.25, 0.3) is 105 Å². The van der Waals surface area contributed by atoms with Gasteiger partial charge in [-0.15, -0.1) is 0 Å². The van der Waals surface area contributed by atoms with Crippen LogP contribution < -0.4 is 0 Å². The lowest BCUT2D eigenvalue weighted by Gasteiger charge is -2.14. The molecule has 0 radical (unpaired) electrons. The van der Waals surface area contributed by atoms with E-state index in [9.17, 15) is 0 Å². The predicted octanol–water partition coefficient (Wildman–Crippen LogP) is 12.0. The van der Waals surface area contributed by atoms with Crippen molar-refractivity contribution >= 4 is 71.3 Å². The summed E-state index contributed by atoms with van der Waals surface area (Å²) in [6, 6.07) is 64.3. The number of aromatic nitrogens is 6. The monoisotopic (exact) mass is 702 g/mol. The molecule has 8 aromatic carbocycles. The molecule has 0 saturated carbocycles. The summed E-state index contributed by atoms with van der Waals surface area (Å²) in [5.41, 5.74) is 12.6. The summed E-state index contributed by atoms with van der Waals surface area (Å²) in [6.45, 7) is 0. The van der Waals surface area contributed by atoms with Gasteiger partial charge in [-0.25, -0.2) is 15.0 Å². The van der Waals surface area contributed by atoms with Crippen molar-refractivity contribution in [2.45, 2.75) is 0 Å². The largest absolute Gasteiger partial charge is 0.278 e. The van der Waals surface area contributed by atoms with Crippen molar-refractivity contribution in [3.8, 4) is 34.0 Å². The summed E-state index contributed by atoms with van der Waals surface area (Å²) >= 11 is 0. The molecule has 4 heterocycles. The first-order valence-electron chi connectivity index (χ1n) is 18.5.